The Bertz CT molecular complexity index is 604. The zero-order valence-electron chi connectivity index (χ0n) is 10.9. The molecule has 0 spiro atoms. The van der Waals surface area contributed by atoms with Crippen LogP contribution in [-0.4, -0.2) is 23.2 Å². The molecule has 0 amide bonds. The van der Waals surface area contributed by atoms with Gasteiger partial charge in [-0.25, -0.2) is 4.79 Å². The summed E-state index contributed by atoms with van der Waals surface area (Å²) in [4.78, 5) is 21.6. The minimum atomic E-state index is -0.856. The summed E-state index contributed by atoms with van der Waals surface area (Å²) in [5, 5.41) is 23.2. The molecule has 0 aliphatic rings. The third-order valence-corrected chi connectivity index (χ3v) is 2.36. The van der Waals surface area contributed by atoms with E-state index >= 15 is 0 Å². The number of hydrazone groups is 1. The number of carbonyl (C=O) groups is 1. The van der Waals surface area contributed by atoms with Gasteiger partial charge in [-0.2, -0.15) is 10.4 Å². The van der Waals surface area contributed by atoms with Crippen molar-refractivity contribution in [3.63, 3.8) is 0 Å². The van der Waals surface area contributed by atoms with Crippen molar-refractivity contribution in [2.75, 3.05) is 12.0 Å². The van der Waals surface area contributed by atoms with Gasteiger partial charge in [-0.3, -0.25) is 15.5 Å². The van der Waals surface area contributed by atoms with Crippen LogP contribution in [0, 0.1) is 28.4 Å². The first-order valence-corrected chi connectivity index (χ1v) is 5.66. The van der Waals surface area contributed by atoms with Gasteiger partial charge in [0.25, 0.3) is 5.69 Å². The molecular weight excluding hydrogens is 264 g/mol. The van der Waals surface area contributed by atoms with Crippen LogP contribution in [-0.2, 0) is 9.53 Å². The first-order valence-electron chi connectivity index (χ1n) is 5.66. The lowest BCUT2D eigenvalue weighted by Gasteiger charge is -2.05. The number of nitriles is 1. The van der Waals surface area contributed by atoms with Crippen LogP contribution in [0.5, 0.6) is 0 Å². The molecule has 104 valence electrons. The molecule has 0 saturated carbocycles. The Morgan fingerprint density at radius 3 is 2.85 bits per heavy atom. The Balaban J connectivity index is 2.99. The Morgan fingerprint density at radius 1 is 1.60 bits per heavy atom. The Kier molecular flexibility index (Phi) is 5.17. The molecule has 20 heavy (non-hydrogen) atoms. The fourth-order valence-electron chi connectivity index (χ4n) is 1.37. The zero-order chi connectivity index (χ0) is 15.1. The average Bonchev–Trinajstić information content (AvgIpc) is 2.41. The predicted octanol–water partition coefficient (Wildman–Crippen LogP) is 1.76. The number of rotatable bonds is 5. The van der Waals surface area contributed by atoms with Crippen LogP contribution in [0.3, 0.4) is 0 Å². The van der Waals surface area contributed by atoms with Gasteiger partial charge in [-0.15, -0.1) is 0 Å². The first-order chi connectivity index (χ1) is 9.51. The van der Waals surface area contributed by atoms with Crippen molar-refractivity contribution in [2.45, 2.75) is 13.8 Å². The molecule has 0 radical (unpaired) electrons. The molecule has 1 N–H and O–H groups in total. The predicted molar refractivity (Wildman–Crippen MR) is 71.1 cm³/mol. The van der Waals surface area contributed by atoms with E-state index in [2.05, 4.69) is 15.3 Å². The molecule has 0 aromatic heterocycles. The molecule has 0 unspecified atom stereocenters. The monoisotopic (exact) mass is 276 g/mol. The summed E-state index contributed by atoms with van der Waals surface area (Å²) >= 11 is 0. The highest BCUT2D eigenvalue weighted by Crippen LogP contribution is 2.24. The number of hydrogen-bond acceptors (Lipinski definition) is 7. The Hall–Kier alpha value is -2.95. The van der Waals surface area contributed by atoms with E-state index in [1.807, 2.05) is 0 Å². The summed E-state index contributed by atoms with van der Waals surface area (Å²) in [6.07, 6.45) is 0. The standard InChI is InChI=1S/C12H12N4O4/c1-3-20-12(17)10(7-13)15-14-9-5-4-6-11(8(9)2)16(18)19/h4-6,14H,3H2,1-2H3/b15-10-. The molecule has 0 heterocycles. The van der Waals surface area contributed by atoms with Gasteiger partial charge in [-0.05, 0) is 19.9 Å². The normalized spacial score (nSPS) is 10.6. The lowest BCUT2D eigenvalue weighted by atomic mass is 10.1. The van der Waals surface area contributed by atoms with Crippen LogP contribution in [0.15, 0.2) is 23.3 Å². The van der Waals surface area contributed by atoms with Crippen LogP contribution in [0.4, 0.5) is 11.4 Å². The minimum absolute atomic E-state index is 0.0835. The average molecular weight is 276 g/mol. The number of carbonyl (C=O) groups excluding carboxylic acids is 1. The number of esters is 1. The van der Waals surface area contributed by atoms with Crippen molar-refractivity contribution in [1.82, 2.24) is 0 Å². The quantitative estimate of drug-likeness (QED) is 0.379. The summed E-state index contributed by atoms with van der Waals surface area (Å²) in [5.74, 6) is -0.856. The highest BCUT2D eigenvalue weighted by molar-refractivity contribution is 6.43. The summed E-state index contributed by atoms with van der Waals surface area (Å²) in [6.45, 7) is 3.26. The number of hydrogen-bond donors (Lipinski definition) is 1. The second kappa shape index (κ2) is 6.84. The Labute approximate surface area is 114 Å². The van der Waals surface area contributed by atoms with Crippen LogP contribution in [0.1, 0.15) is 12.5 Å². The number of nitro groups is 1. The van der Waals surface area contributed by atoms with Crippen LogP contribution in [0.25, 0.3) is 0 Å². The van der Waals surface area contributed by atoms with Crippen molar-refractivity contribution in [3.8, 4) is 6.07 Å². The molecule has 8 nitrogen and oxygen atoms in total. The molecule has 1 aromatic carbocycles. The fraction of sp³-hybridized carbons (Fsp3) is 0.250. The maximum atomic E-state index is 11.3. The number of benzene rings is 1. The van der Waals surface area contributed by atoms with Gasteiger partial charge < -0.3 is 4.74 Å². The number of nitro benzene ring substituents is 1. The van der Waals surface area contributed by atoms with E-state index in [0.29, 0.717) is 11.3 Å². The van der Waals surface area contributed by atoms with Gasteiger partial charge in [0.1, 0.15) is 6.07 Å². The summed E-state index contributed by atoms with van der Waals surface area (Å²) in [7, 11) is 0. The molecule has 0 saturated heterocycles. The maximum absolute atomic E-state index is 11.3. The SMILES string of the molecule is CCOC(=O)/C(C#N)=N\Nc1cccc([N+](=O)[O-])c1C. The summed E-state index contributed by atoms with van der Waals surface area (Å²) in [5.41, 5.74) is 2.59. The van der Waals surface area contributed by atoms with Gasteiger partial charge in [0.15, 0.2) is 0 Å². The number of nitrogens with zero attached hydrogens (tertiary/aromatic N) is 3. The third kappa shape index (κ3) is 3.52. The molecule has 0 atom stereocenters. The van der Waals surface area contributed by atoms with Crippen LogP contribution in [0.2, 0.25) is 0 Å². The molecule has 1 rings (SSSR count). The largest absolute Gasteiger partial charge is 0.461 e. The van der Waals surface area contributed by atoms with Gasteiger partial charge in [0, 0.05) is 6.07 Å². The Morgan fingerprint density at radius 2 is 2.30 bits per heavy atom. The highest BCUT2D eigenvalue weighted by atomic mass is 16.6. The van der Waals surface area contributed by atoms with E-state index in [1.165, 1.54) is 19.1 Å². The van der Waals surface area contributed by atoms with Gasteiger partial charge in [0.2, 0.25) is 5.71 Å². The van der Waals surface area contributed by atoms with Crippen molar-refractivity contribution >= 4 is 23.1 Å². The molecular formula is C12H12N4O4. The number of nitrogens with one attached hydrogen (secondary N) is 1. The molecule has 0 aliphatic heterocycles. The third-order valence-electron chi connectivity index (χ3n) is 2.36. The van der Waals surface area contributed by atoms with Crippen molar-refractivity contribution < 1.29 is 14.5 Å². The van der Waals surface area contributed by atoms with Gasteiger partial charge in [0.05, 0.1) is 22.8 Å². The van der Waals surface area contributed by atoms with E-state index in [1.54, 1.807) is 19.1 Å². The van der Waals surface area contributed by atoms with Crippen molar-refractivity contribution in [2.24, 2.45) is 5.10 Å². The fourth-order valence-corrected chi connectivity index (χ4v) is 1.37. The second-order valence-corrected chi connectivity index (χ2v) is 3.61. The lowest BCUT2D eigenvalue weighted by molar-refractivity contribution is -0.385. The lowest BCUT2D eigenvalue weighted by Crippen LogP contribution is -2.17. The smallest absolute Gasteiger partial charge is 0.369 e. The van der Waals surface area contributed by atoms with Crippen LogP contribution >= 0.6 is 0 Å². The minimum Gasteiger partial charge on any atom is -0.461 e. The zero-order valence-corrected chi connectivity index (χ0v) is 10.9. The molecule has 0 aliphatic carbocycles. The molecule has 1 aromatic rings. The van der Waals surface area contributed by atoms with E-state index in [0.717, 1.165) is 0 Å². The van der Waals surface area contributed by atoms with Gasteiger partial charge in [-0.1, -0.05) is 6.07 Å². The van der Waals surface area contributed by atoms with Crippen LogP contribution < -0.4 is 5.43 Å². The number of ether oxygens (including phenoxy) is 1. The topological polar surface area (TPSA) is 118 Å². The first kappa shape index (κ1) is 15.1. The maximum Gasteiger partial charge on any atom is 0.369 e. The molecule has 0 bridgehead atoms. The van der Waals surface area contributed by atoms with E-state index in [4.69, 9.17) is 5.26 Å². The van der Waals surface area contributed by atoms with Gasteiger partial charge >= 0.3 is 5.97 Å². The molecule has 0 fully saturated rings. The summed E-state index contributed by atoms with van der Waals surface area (Å²) in [6, 6.07) is 5.96. The van der Waals surface area contributed by atoms with Crippen molar-refractivity contribution in [1.29, 1.82) is 5.26 Å². The van der Waals surface area contributed by atoms with Crippen molar-refractivity contribution in [3.05, 3.63) is 33.9 Å². The second-order valence-electron chi connectivity index (χ2n) is 3.61. The van der Waals surface area contributed by atoms with E-state index in [9.17, 15) is 14.9 Å². The molecule has 8 heteroatoms. The summed E-state index contributed by atoms with van der Waals surface area (Å²) < 4.78 is 4.64. The van der Waals surface area contributed by atoms with E-state index in [-0.39, 0.29) is 12.3 Å². The highest BCUT2D eigenvalue weighted by Gasteiger charge is 2.15. The number of anilines is 1. The van der Waals surface area contributed by atoms with E-state index < -0.39 is 16.6 Å².